The average molecular weight is 286 g/mol. The fourth-order valence-corrected chi connectivity index (χ4v) is 2.53. The monoisotopic (exact) mass is 286 g/mol. The molecule has 1 unspecified atom stereocenters. The molecule has 2 rings (SSSR count). The van der Waals surface area contributed by atoms with Crippen molar-refractivity contribution < 1.29 is 4.74 Å². The van der Waals surface area contributed by atoms with E-state index >= 15 is 0 Å². The molecule has 114 valence electrons. The smallest absolute Gasteiger partial charge is 0.114 e. The summed E-state index contributed by atoms with van der Waals surface area (Å²) in [7, 11) is 0. The van der Waals surface area contributed by atoms with Gasteiger partial charge in [-0.15, -0.1) is 5.92 Å². The number of hydrogen-bond acceptors (Lipinski definition) is 3. The van der Waals surface area contributed by atoms with Gasteiger partial charge in [0.1, 0.15) is 6.04 Å². The second-order valence-corrected chi connectivity index (χ2v) is 5.44. The van der Waals surface area contributed by atoms with E-state index < -0.39 is 0 Å². The van der Waals surface area contributed by atoms with E-state index in [0.29, 0.717) is 0 Å². The second-order valence-electron chi connectivity index (χ2n) is 5.44. The highest BCUT2D eigenvalue weighted by Crippen LogP contribution is 2.19. The zero-order valence-corrected chi connectivity index (χ0v) is 13.1. The van der Waals surface area contributed by atoms with Crippen molar-refractivity contribution in [2.45, 2.75) is 45.1 Å². The fraction of sp³-hybridized carbons (Fsp3) is 0.611. The van der Waals surface area contributed by atoms with Gasteiger partial charge >= 0.3 is 0 Å². The second kappa shape index (κ2) is 9.55. The van der Waals surface area contributed by atoms with Crippen LogP contribution in [0.3, 0.4) is 0 Å². The van der Waals surface area contributed by atoms with E-state index in [2.05, 4.69) is 34.7 Å². The Morgan fingerprint density at radius 2 is 2.10 bits per heavy atom. The molecule has 3 nitrogen and oxygen atoms in total. The van der Waals surface area contributed by atoms with Crippen LogP contribution in [0.25, 0.3) is 0 Å². The summed E-state index contributed by atoms with van der Waals surface area (Å²) >= 11 is 0. The molecule has 0 aromatic carbocycles. The number of ether oxygens (including phenoxy) is 1. The summed E-state index contributed by atoms with van der Waals surface area (Å²) in [6.07, 6.45) is 7.93. The predicted molar refractivity (Wildman–Crippen MR) is 85.9 cm³/mol. The third-order valence-corrected chi connectivity index (χ3v) is 3.77. The fourth-order valence-electron chi connectivity index (χ4n) is 2.53. The summed E-state index contributed by atoms with van der Waals surface area (Å²) in [4.78, 5) is 6.88. The van der Waals surface area contributed by atoms with Crippen LogP contribution in [0, 0.1) is 11.8 Å². The Labute approximate surface area is 128 Å². The SMILES string of the molecule is CCCCCCC#CC(c1ccccn1)N1CCOCC1. The maximum Gasteiger partial charge on any atom is 0.114 e. The van der Waals surface area contributed by atoms with Crippen LogP contribution in [0.15, 0.2) is 24.4 Å². The predicted octanol–water partition coefficient (Wildman–Crippen LogP) is 3.43. The number of rotatable bonds is 6. The van der Waals surface area contributed by atoms with E-state index in [9.17, 15) is 0 Å². The molecule has 1 aromatic rings. The topological polar surface area (TPSA) is 25.4 Å². The number of aromatic nitrogens is 1. The van der Waals surface area contributed by atoms with Crippen LogP contribution in [-0.2, 0) is 4.74 Å². The first-order chi connectivity index (χ1) is 10.4. The number of nitrogens with zero attached hydrogens (tertiary/aromatic N) is 2. The van der Waals surface area contributed by atoms with Crippen LogP contribution in [0.2, 0.25) is 0 Å². The van der Waals surface area contributed by atoms with E-state index in [1.807, 2.05) is 18.3 Å². The number of pyridine rings is 1. The molecule has 3 heteroatoms. The van der Waals surface area contributed by atoms with Crippen molar-refractivity contribution in [1.29, 1.82) is 0 Å². The molecule has 1 aliphatic rings. The minimum atomic E-state index is 0.112. The third kappa shape index (κ3) is 5.49. The van der Waals surface area contributed by atoms with Gasteiger partial charge in [0.15, 0.2) is 0 Å². The Hall–Kier alpha value is -1.37. The summed E-state index contributed by atoms with van der Waals surface area (Å²) in [6, 6.07) is 6.18. The van der Waals surface area contributed by atoms with Gasteiger partial charge in [0.25, 0.3) is 0 Å². The lowest BCUT2D eigenvalue weighted by Crippen LogP contribution is -2.38. The van der Waals surface area contributed by atoms with Crippen molar-refractivity contribution >= 4 is 0 Å². The molecule has 0 N–H and O–H groups in total. The molecule has 1 aliphatic heterocycles. The van der Waals surface area contributed by atoms with E-state index in [1.165, 1.54) is 25.7 Å². The Morgan fingerprint density at radius 1 is 1.24 bits per heavy atom. The van der Waals surface area contributed by atoms with Crippen molar-refractivity contribution in [3.8, 4) is 11.8 Å². The van der Waals surface area contributed by atoms with Gasteiger partial charge in [-0.3, -0.25) is 9.88 Å². The van der Waals surface area contributed by atoms with E-state index in [0.717, 1.165) is 38.4 Å². The van der Waals surface area contributed by atoms with Crippen molar-refractivity contribution in [2.75, 3.05) is 26.3 Å². The van der Waals surface area contributed by atoms with E-state index in [-0.39, 0.29) is 6.04 Å². The first-order valence-electron chi connectivity index (χ1n) is 8.13. The molecule has 0 bridgehead atoms. The van der Waals surface area contributed by atoms with Crippen LogP contribution < -0.4 is 0 Å². The molecule has 0 aliphatic carbocycles. The largest absolute Gasteiger partial charge is 0.379 e. The molecule has 1 atom stereocenters. The quantitative estimate of drug-likeness (QED) is 0.592. The third-order valence-electron chi connectivity index (χ3n) is 3.77. The summed E-state index contributed by atoms with van der Waals surface area (Å²) < 4.78 is 5.45. The standard InChI is InChI=1S/C18H26N2O/c1-2-3-4-5-6-7-11-18(17-10-8-9-12-19-17)20-13-15-21-16-14-20/h8-10,12,18H,2-6,13-16H2,1H3. The summed E-state index contributed by atoms with van der Waals surface area (Å²) in [6.45, 7) is 5.70. The van der Waals surface area contributed by atoms with Crippen LogP contribution in [0.4, 0.5) is 0 Å². The minimum Gasteiger partial charge on any atom is -0.379 e. The Kier molecular flexibility index (Phi) is 7.28. The molecular weight excluding hydrogens is 260 g/mol. The highest BCUT2D eigenvalue weighted by Gasteiger charge is 2.21. The van der Waals surface area contributed by atoms with Crippen LogP contribution in [-0.4, -0.2) is 36.2 Å². The van der Waals surface area contributed by atoms with Gasteiger partial charge in [-0.05, 0) is 18.6 Å². The maximum atomic E-state index is 5.45. The van der Waals surface area contributed by atoms with Crippen molar-refractivity contribution in [1.82, 2.24) is 9.88 Å². The van der Waals surface area contributed by atoms with Gasteiger partial charge in [-0.25, -0.2) is 0 Å². The highest BCUT2D eigenvalue weighted by molar-refractivity contribution is 5.21. The molecule has 0 radical (unpaired) electrons. The van der Waals surface area contributed by atoms with Crippen LogP contribution >= 0.6 is 0 Å². The molecule has 2 heterocycles. The average Bonchev–Trinajstić information content (AvgIpc) is 2.56. The summed E-state index contributed by atoms with van der Waals surface area (Å²) in [5.74, 6) is 6.81. The molecule has 0 saturated carbocycles. The van der Waals surface area contributed by atoms with Crippen molar-refractivity contribution in [2.24, 2.45) is 0 Å². The van der Waals surface area contributed by atoms with Crippen LogP contribution in [0.5, 0.6) is 0 Å². The first kappa shape index (κ1) is 16.0. The lowest BCUT2D eigenvalue weighted by molar-refractivity contribution is 0.0263. The van der Waals surface area contributed by atoms with Gasteiger partial charge in [-0.1, -0.05) is 38.2 Å². The van der Waals surface area contributed by atoms with Crippen molar-refractivity contribution in [3.05, 3.63) is 30.1 Å². The summed E-state index contributed by atoms with van der Waals surface area (Å²) in [5, 5.41) is 0. The molecule has 1 fully saturated rings. The van der Waals surface area contributed by atoms with Crippen LogP contribution in [0.1, 0.15) is 50.8 Å². The zero-order valence-electron chi connectivity index (χ0n) is 13.1. The molecule has 1 saturated heterocycles. The van der Waals surface area contributed by atoms with E-state index in [4.69, 9.17) is 4.74 Å². The van der Waals surface area contributed by atoms with Crippen molar-refractivity contribution in [3.63, 3.8) is 0 Å². The highest BCUT2D eigenvalue weighted by atomic mass is 16.5. The molecule has 0 spiro atoms. The zero-order chi connectivity index (χ0) is 14.8. The van der Waals surface area contributed by atoms with Gasteiger partial charge in [0.05, 0.1) is 18.9 Å². The Bertz CT molecular complexity index is 443. The number of unbranched alkanes of at least 4 members (excludes halogenated alkanes) is 4. The number of morpholine rings is 1. The lowest BCUT2D eigenvalue weighted by atomic mass is 10.1. The van der Waals surface area contributed by atoms with Gasteiger partial charge in [0.2, 0.25) is 0 Å². The number of hydrogen-bond donors (Lipinski definition) is 0. The van der Waals surface area contributed by atoms with Gasteiger partial charge < -0.3 is 4.74 Å². The summed E-state index contributed by atoms with van der Waals surface area (Å²) in [5.41, 5.74) is 1.06. The normalized spacial score (nSPS) is 17.0. The molecule has 0 amide bonds. The Morgan fingerprint density at radius 3 is 2.81 bits per heavy atom. The van der Waals surface area contributed by atoms with Gasteiger partial charge in [0, 0.05) is 25.7 Å². The molecular formula is C18H26N2O. The molecule has 1 aromatic heterocycles. The minimum absolute atomic E-state index is 0.112. The Balaban J connectivity index is 1.97. The maximum absolute atomic E-state index is 5.45. The lowest BCUT2D eigenvalue weighted by Gasteiger charge is -2.31. The van der Waals surface area contributed by atoms with Gasteiger partial charge in [-0.2, -0.15) is 0 Å². The molecule has 21 heavy (non-hydrogen) atoms. The first-order valence-corrected chi connectivity index (χ1v) is 8.13. The van der Waals surface area contributed by atoms with E-state index in [1.54, 1.807) is 0 Å².